The Morgan fingerprint density at radius 1 is 1.36 bits per heavy atom. The molecule has 3 heterocycles. The Morgan fingerprint density at radius 2 is 2.14 bits per heavy atom. The molecule has 0 unspecified atom stereocenters. The van der Waals surface area contributed by atoms with Gasteiger partial charge < -0.3 is 10.6 Å². The van der Waals surface area contributed by atoms with Crippen molar-refractivity contribution in [2.24, 2.45) is 5.92 Å². The van der Waals surface area contributed by atoms with Crippen LogP contribution in [0.25, 0.3) is 0 Å². The lowest BCUT2D eigenvalue weighted by atomic mass is 9.80. The summed E-state index contributed by atoms with van der Waals surface area (Å²) in [5.41, 5.74) is 5.66. The fraction of sp³-hybridized carbons (Fsp3) is 0.700. The fourth-order valence-electron chi connectivity index (χ4n) is 2.75. The highest BCUT2D eigenvalue weighted by molar-refractivity contribution is 7.10. The molecule has 0 atom stereocenters. The second kappa shape index (κ2) is 3.12. The normalized spacial score (nSPS) is 31.0. The molecule has 0 radical (unpaired) electrons. The van der Waals surface area contributed by atoms with Crippen molar-refractivity contribution in [2.45, 2.75) is 31.7 Å². The van der Waals surface area contributed by atoms with Crippen LogP contribution in [0.3, 0.4) is 0 Å². The predicted octanol–water partition coefficient (Wildman–Crippen LogP) is 2.10. The van der Waals surface area contributed by atoms with Crippen LogP contribution in [0.4, 0.5) is 10.8 Å². The number of fused-ring (bicyclic) bond motifs is 3. The summed E-state index contributed by atoms with van der Waals surface area (Å²) in [4.78, 5) is 2.52. The van der Waals surface area contributed by atoms with E-state index < -0.39 is 0 Å². The number of nitrogen functional groups attached to an aromatic ring is 1. The van der Waals surface area contributed by atoms with E-state index in [9.17, 15) is 0 Å². The first-order valence-electron chi connectivity index (χ1n) is 5.32. The van der Waals surface area contributed by atoms with E-state index in [1.54, 1.807) is 11.5 Å². The Balaban J connectivity index is 1.85. The Hall–Kier alpha value is -0.770. The Labute approximate surface area is 88.1 Å². The van der Waals surface area contributed by atoms with Gasteiger partial charge in [0.15, 0.2) is 0 Å². The standard InChI is InChI=1S/C10H15N3S/c11-9-5-10(14-12-9)13-6-7-1-3-8(13)4-2-7/h5,7-8H,1-4,6H2,(H2,11,12). The topological polar surface area (TPSA) is 42.1 Å². The van der Waals surface area contributed by atoms with Crippen LogP contribution in [0, 0.1) is 5.92 Å². The van der Waals surface area contributed by atoms with Gasteiger partial charge in [0.05, 0.1) is 0 Å². The van der Waals surface area contributed by atoms with Crippen molar-refractivity contribution in [1.82, 2.24) is 4.37 Å². The zero-order chi connectivity index (χ0) is 9.54. The summed E-state index contributed by atoms with van der Waals surface area (Å²) in [5, 5.41) is 1.27. The zero-order valence-electron chi connectivity index (χ0n) is 8.15. The summed E-state index contributed by atoms with van der Waals surface area (Å²) in [6.45, 7) is 1.23. The molecule has 2 saturated heterocycles. The van der Waals surface area contributed by atoms with Crippen LogP contribution in [0.5, 0.6) is 0 Å². The molecule has 4 rings (SSSR count). The van der Waals surface area contributed by atoms with Crippen LogP contribution in [0.15, 0.2) is 6.07 Å². The maximum atomic E-state index is 5.66. The number of rotatable bonds is 1. The van der Waals surface area contributed by atoms with Crippen LogP contribution in [-0.2, 0) is 0 Å². The molecule has 3 nitrogen and oxygen atoms in total. The van der Waals surface area contributed by atoms with Crippen molar-refractivity contribution in [2.75, 3.05) is 17.2 Å². The molecular formula is C10H15N3S. The van der Waals surface area contributed by atoms with Gasteiger partial charge in [0.1, 0.15) is 10.8 Å². The highest BCUT2D eigenvalue weighted by Gasteiger charge is 2.34. The van der Waals surface area contributed by atoms with Gasteiger partial charge >= 0.3 is 0 Å². The lowest BCUT2D eigenvalue weighted by molar-refractivity contribution is 0.253. The third-order valence-electron chi connectivity index (χ3n) is 3.51. The predicted molar refractivity (Wildman–Crippen MR) is 59.6 cm³/mol. The summed E-state index contributed by atoms with van der Waals surface area (Å²) < 4.78 is 4.15. The van der Waals surface area contributed by atoms with E-state index in [4.69, 9.17) is 5.73 Å². The van der Waals surface area contributed by atoms with E-state index in [0.29, 0.717) is 5.82 Å². The van der Waals surface area contributed by atoms with Crippen LogP contribution < -0.4 is 10.6 Å². The molecule has 1 aliphatic carbocycles. The molecule has 1 aromatic rings. The van der Waals surface area contributed by atoms with E-state index >= 15 is 0 Å². The number of nitrogens with zero attached hydrogens (tertiary/aromatic N) is 2. The smallest absolute Gasteiger partial charge is 0.139 e. The quantitative estimate of drug-likeness (QED) is 0.770. The molecule has 76 valence electrons. The maximum Gasteiger partial charge on any atom is 0.139 e. The second-order valence-electron chi connectivity index (χ2n) is 4.42. The Morgan fingerprint density at radius 3 is 2.64 bits per heavy atom. The van der Waals surface area contributed by atoms with Crippen molar-refractivity contribution < 1.29 is 0 Å². The lowest BCUT2D eigenvalue weighted by Gasteiger charge is -2.45. The van der Waals surface area contributed by atoms with Crippen molar-refractivity contribution in [1.29, 1.82) is 0 Å². The molecule has 3 aliphatic rings. The van der Waals surface area contributed by atoms with Gasteiger partial charge in [0, 0.05) is 18.7 Å². The van der Waals surface area contributed by atoms with Gasteiger partial charge in [-0.2, -0.15) is 4.37 Å². The third-order valence-corrected chi connectivity index (χ3v) is 4.35. The summed E-state index contributed by atoms with van der Waals surface area (Å²) >= 11 is 1.55. The average molecular weight is 209 g/mol. The highest BCUT2D eigenvalue weighted by Crippen LogP contribution is 2.39. The average Bonchev–Trinajstić information content (AvgIpc) is 2.66. The molecule has 2 bridgehead atoms. The van der Waals surface area contributed by atoms with Gasteiger partial charge in [-0.1, -0.05) is 0 Å². The van der Waals surface area contributed by atoms with Gasteiger partial charge in [-0.05, 0) is 43.1 Å². The fourth-order valence-corrected chi connectivity index (χ4v) is 3.50. The first-order chi connectivity index (χ1) is 6.83. The van der Waals surface area contributed by atoms with E-state index in [-0.39, 0.29) is 0 Å². The van der Waals surface area contributed by atoms with Crippen molar-refractivity contribution >= 4 is 22.4 Å². The van der Waals surface area contributed by atoms with Gasteiger partial charge in [-0.15, -0.1) is 0 Å². The molecule has 1 aromatic heterocycles. The van der Waals surface area contributed by atoms with Crippen LogP contribution in [-0.4, -0.2) is 17.0 Å². The first kappa shape index (κ1) is 8.53. The van der Waals surface area contributed by atoms with E-state index in [2.05, 4.69) is 9.27 Å². The third kappa shape index (κ3) is 1.29. The summed E-state index contributed by atoms with van der Waals surface area (Å²) in [7, 11) is 0. The Kier molecular flexibility index (Phi) is 1.90. The van der Waals surface area contributed by atoms with Gasteiger partial charge in [-0.3, -0.25) is 0 Å². The van der Waals surface area contributed by atoms with Crippen LogP contribution in [0.1, 0.15) is 25.7 Å². The van der Waals surface area contributed by atoms with Crippen LogP contribution in [0.2, 0.25) is 0 Å². The minimum Gasteiger partial charge on any atom is -0.383 e. The number of piperidine rings is 2. The molecule has 1 saturated carbocycles. The highest BCUT2D eigenvalue weighted by atomic mass is 32.1. The molecule has 2 aliphatic heterocycles. The first-order valence-corrected chi connectivity index (χ1v) is 6.09. The van der Waals surface area contributed by atoms with Crippen molar-refractivity contribution in [3.8, 4) is 0 Å². The Bertz CT molecular complexity index is 328. The maximum absolute atomic E-state index is 5.66. The van der Waals surface area contributed by atoms with Gasteiger partial charge in [-0.25, -0.2) is 0 Å². The SMILES string of the molecule is Nc1cc(N2CC3CCC2CC3)sn1. The number of aromatic nitrogens is 1. The summed E-state index contributed by atoms with van der Waals surface area (Å²) in [5.74, 6) is 1.59. The summed E-state index contributed by atoms with van der Waals surface area (Å²) in [6, 6.07) is 2.78. The molecule has 3 fully saturated rings. The van der Waals surface area contributed by atoms with Crippen molar-refractivity contribution in [3.05, 3.63) is 6.07 Å². The molecule has 2 N–H and O–H groups in total. The van der Waals surface area contributed by atoms with Crippen LogP contribution >= 0.6 is 11.5 Å². The van der Waals surface area contributed by atoms with E-state index in [0.717, 1.165) is 12.0 Å². The summed E-state index contributed by atoms with van der Waals surface area (Å²) in [6.07, 6.45) is 5.58. The molecule has 0 spiro atoms. The minimum absolute atomic E-state index is 0.673. The molecule has 0 amide bonds. The molecule has 14 heavy (non-hydrogen) atoms. The van der Waals surface area contributed by atoms with Gasteiger partial charge in [0.25, 0.3) is 0 Å². The number of nitrogens with two attached hydrogens (primary N) is 1. The molecule has 0 aromatic carbocycles. The number of hydrogen-bond acceptors (Lipinski definition) is 4. The largest absolute Gasteiger partial charge is 0.383 e. The van der Waals surface area contributed by atoms with E-state index in [1.807, 2.05) is 6.07 Å². The van der Waals surface area contributed by atoms with Gasteiger partial charge in [0.2, 0.25) is 0 Å². The lowest BCUT2D eigenvalue weighted by Crippen LogP contribution is -2.47. The monoisotopic (exact) mass is 209 g/mol. The van der Waals surface area contributed by atoms with E-state index in [1.165, 1.54) is 37.2 Å². The number of anilines is 2. The second-order valence-corrected chi connectivity index (χ2v) is 5.20. The molecule has 4 heteroatoms. The molecular weight excluding hydrogens is 194 g/mol. The number of hydrogen-bond donors (Lipinski definition) is 1. The van der Waals surface area contributed by atoms with Crippen molar-refractivity contribution in [3.63, 3.8) is 0 Å². The zero-order valence-corrected chi connectivity index (χ0v) is 8.96. The minimum atomic E-state index is 0.673.